The van der Waals surface area contributed by atoms with Crippen LogP contribution in [0, 0.1) is 18.6 Å². The van der Waals surface area contributed by atoms with E-state index in [0.717, 1.165) is 35.6 Å². The Morgan fingerprint density at radius 3 is 2.26 bits per heavy atom. The third-order valence-electron chi connectivity index (χ3n) is 5.69. The summed E-state index contributed by atoms with van der Waals surface area (Å²) in [5, 5.41) is 2.89. The first-order valence-electron chi connectivity index (χ1n) is 11.5. The van der Waals surface area contributed by atoms with Gasteiger partial charge >= 0.3 is 0 Å². The number of carbonyl (C=O) groups excluding carboxylic acids is 2. The fourth-order valence-electron chi connectivity index (χ4n) is 3.62. The zero-order chi connectivity index (χ0) is 26.3. The van der Waals surface area contributed by atoms with Crippen molar-refractivity contribution in [3.63, 3.8) is 0 Å². The molecule has 2 aromatic rings. The van der Waals surface area contributed by atoms with Crippen molar-refractivity contribution < 1.29 is 26.8 Å². The Hall–Kier alpha value is -3.01. The lowest BCUT2D eigenvalue weighted by Crippen LogP contribution is -2.53. The zero-order valence-corrected chi connectivity index (χ0v) is 21.5. The van der Waals surface area contributed by atoms with Gasteiger partial charge in [-0.1, -0.05) is 43.7 Å². The SMILES string of the molecule is CC[C@H](C)NC(=O)[C@H](CC)N(Cc1cccc(C)c1)C(=O)CN(c1ccc(F)c(F)c1)S(C)(=O)=O. The molecule has 7 nitrogen and oxygen atoms in total. The van der Waals surface area contributed by atoms with Crippen molar-refractivity contribution in [3.05, 3.63) is 65.2 Å². The van der Waals surface area contributed by atoms with Gasteiger partial charge < -0.3 is 10.2 Å². The Bertz CT molecular complexity index is 1160. The highest BCUT2D eigenvalue weighted by atomic mass is 32.2. The quantitative estimate of drug-likeness (QED) is 0.500. The van der Waals surface area contributed by atoms with Crippen LogP contribution in [0.5, 0.6) is 0 Å². The van der Waals surface area contributed by atoms with Crippen molar-refractivity contribution in [2.75, 3.05) is 17.1 Å². The summed E-state index contributed by atoms with van der Waals surface area (Å²) in [6.07, 6.45) is 1.87. The number of carbonyl (C=O) groups is 2. The molecule has 0 spiro atoms. The lowest BCUT2D eigenvalue weighted by atomic mass is 10.1. The minimum absolute atomic E-state index is 0.0718. The second-order valence-electron chi connectivity index (χ2n) is 8.62. The van der Waals surface area contributed by atoms with Crippen molar-refractivity contribution in [2.45, 2.75) is 59.2 Å². The fraction of sp³-hybridized carbons (Fsp3) is 0.440. The van der Waals surface area contributed by atoms with E-state index in [9.17, 15) is 26.8 Å². The number of aryl methyl sites for hydroxylation is 1. The highest BCUT2D eigenvalue weighted by Gasteiger charge is 2.32. The maximum atomic E-state index is 13.8. The highest BCUT2D eigenvalue weighted by molar-refractivity contribution is 7.92. The van der Waals surface area contributed by atoms with Gasteiger partial charge in [-0.2, -0.15) is 0 Å². The van der Waals surface area contributed by atoms with Gasteiger partial charge in [-0.05, 0) is 44.4 Å². The van der Waals surface area contributed by atoms with Crippen molar-refractivity contribution >= 4 is 27.5 Å². The normalized spacial score (nSPS) is 13.1. The number of amides is 2. The molecule has 35 heavy (non-hydrogen) atoms. The maximum absolute atomic E-state index is 13.8. The molecule has 0 heterocycles. The monoisotopic (exact) mass is 509 g/mol. The Morgan fingerprint density at radius 1 is 1.03 bits per heavy atom. The van der Waals surface area contributed by atoms with Gasteiger partial charge in [0.05, 0.1) is 11.9 Å². The lowest BCUT2D eigenvalue weighted by Gasteiger charge is -2.33. The summed E-state index contributed by atoms with van der Waals surface area (Å²) in [6, 6.07) is 9.07. The van der Waals surface area contributed by atoms with Gasteiger partial charge in [0, 0.05) is 18.7 Å². The first-order valence-corrected chi connectivity index (χ1v) is 13.3. The number of halogens is 2. The van der Waals surface area contributed by atoms with E-state index in [4.69, 9.17) is 0 Å². The Morgan fingerprint density at radius 2 is 1.71 bits per heavy atom. The molecule has 0 saturated carbocycles. The van der Waals surface area contributed by atoms with E-state index in [0.29, 0.717) is 17.1 Å². The number of nitrogens with zero attached hydrogens (tertiary/aromatic N) is 2. The number of sulfonamides is 1. The summed E-state index contributed by atoms with van der Waals surface area (Å²) >= 11 is 0. The molecule has 0 radical (unpaired) electrons. The molecule has 0 aliphatic carbocycles. The van der Waals surface area contributed by atoms with E-state index in [2.05, 4.69) is 5.32 Å². The predicted molar refractivity (Wildman–Crippen MR) is 132 cm³/mol. The third kappa shape index (κ3) is 7.74. The molecule has 0 unspecified atom stereocenters. The maximum Gasteiger partial charge on any atom is 0.244 e. The summed E-state index contributed by atoms with van der Waals surface area (Å²) in [6.45, 7) is 6.84. The molecule has 2 rings (SSSR count). The number of benzene rings is 2. The molecule has 0 aliphatic heterocycles. The molecule has 1 N–H and O–H groups in total. The average Bonchev–Trinajstić information content (AvgIpc) is 2.78. The Balaban J connectivity index is 2.46. The first-order chi connectivity index (χ1) is 16.4. The fourth-order valence-corrected chi connectivity index (χ4v) is 4.46. The van der Waals surface area contributed by atoms with E-state index in [-0.39, 0.29) is 24.2 Å². The molecular formula is C25H33F2N3O4S. The van der Waals surface area contributed by atoms with Gasteiger partial charge in [0.1, 0.15) is 12.6 Å². The van der Waals surface area contributed by atoms with Crippen molar-refractivity contribution in [3.8, 4) is 0 Å². The summed E-state index contributed by atoms with van der Waals surface area (Å²) < 4.78 is 53.0. The summed E-state index contributed by atoms with van der Waals surface area (Å²) in [5.41, 5.74) is 1.55. The summed E-state index contributed by atoms with van der Waals surface area (Å²) in [7, 11) is -4.04. The van der Waals surface area contributed by atoms with E-state index in [1.165, 1.54) is 4.90 Å². The van der Waals surface area contributed by atoms with E-state index in [1.807, 2.05) is 45.0 Å². The highest BCUT2D eigenvalue weighted by Crippen LogP contribution is 2.22. The van der Waals surface area contributed by atoms with Crippen LogP contribution in [0.2, 0.25) is 0 Å². The van der Waals surface area contributed by atoms with Crippen LogP contribution in [-0.2, 0) is 26.2 Å². The second kappa shape index (κ2) is 12.1. The number of hydrogen-bond acceptors (Lipinski definition) is 4. The average molecular weight is 510 g/mol. The number of rotatable bonds is 11. The molecule has 192 valence electrons. The van der Waals surface area contributed by atoms with E-state index >= 15 is 0 Å². The van der Waals surface area contributed by atoms with Crippen LogP contribution >= 0.6 is 0 Å². The van der Waals surface area contributed by atoms with E-state index < -0.39 is 40.2 Å². The molecule has 0 aromatic heterocycles. The van der Waals surface area contributed by atoms with Crippen molar-refractivity contribution in [1.82, 2.24) is 10.2 Å². The number of anilines is 1. The first kappa shape index (κ1) is 28.2. The van der Waals surface area contributed by atoms with Gasteiger partial charge in [-0.3, -0.25) is 13.9 Å². The van der Waals surface area contributed by atoms with Crippen LogP contribution in [0.15, 0.2) is 42.5 Å². The van der Waals surface area contributed by atoms with E-state index in [1.54, 1.807) is 6.92 Å². The Labute approximate surface area is 206 Å². The molecule has 0 aliphatic rings. The topological polar surface area (TPSA) is 86.8 Å². The molecule has 2 atom stereocenters. The largest absolute Gasteiger partial charge is 0.352 e. The summed E-state index contributed by atoms with van der Waals surface area (Å²) in [5.74, 6) is -3.36. The molecule has 0 bridgehead atoms. The van der Waals surface area contributed by atoms with Gasteiger partial charge in [-0.15, -0.1) is 0 Å². The van der Waals surface area contributed by atoms with Gasteiger partial charge in [0.15, 0.2) is 11.6 Å². The summed E-state index contributed by atoms with van der Waals surface area (Å²) in [4.78, 5) is 27.9. The van der Waals surface area contributed by atoms with Crippen LogP contribution < -0.4 is 9.62 Å². The van der Waals surface area contributed by atoms with Crippen LogP contribution in [-0.4, -0.2) is 50.0 Å². The van der Waals surface area contributed by atoms with Crippen LogP contribution in [0.4, 0.5) is 14.5 Å². The van der Waals surface area contributed by atoms with Crippen molar-refractivity contribution in [1.29, 1.82) is 0 Å². The van der Waals surface area contributed by atoms with Crippen molar-refractivity contribution in [2.24, 2.45) is 0 Å². The Kier molecular flexibility index (Phi) is 9.76. The predicted octanol–water partition coefficient (Wildman–Crippen LogP) is 3.76. The van der Waals surface area contributed by atoms with Crippen LogP contribution in [0.3, 0.4) is 0 Å². The molecule has 10 heteroatoms. The molecule has 0 saturated heterocycles. The number of hydrogen-bond donors (Lipinski definition) is 1. The van der Waals surface area contributed by atoms with Gasteiger partial charge in [-0.25, -0.2) is 17.2 Å². The smallest absolute Gasteiger partial charge is 0.244 e. The number of nitrogens with one attached hydrogen (secondary N) is 1. The molecule has 2 aromatic carbocycles. The second-order valence-corrected chi connectivity index (χ2v) is 10.5. The standard InChI is InChI=1S/C25H33F2N3O4S/c1-6-18(4)28-25(32)23(7-2)29(15-19-10-8-9-17(3)13-19)24(31)16-30(35(5,33)34)20-11-12-21(26)22(27)14-20/h8-14,18,23H,6-7,15-16H2,1-5H3,(H,28,32)/t18-,23-/m0/s1. The van der Waals surface area contributed by atoms with Gasteiger partial charge in [0.25, 0.3) is 0 Å². The lowest BCUT2D eigenvalue weighted by molar-refractivity contribution is -0.140. The van der Waals surface area contributed by atoms with Gasteiger partial charge in [0.2, 0.25) is 21.8 Å². The molecule has 0 fully saturated rings. The minimum atomic E-state index is -4.04. The van der Waals surface area contributed by atoms with Crippen LogP contribution in [0.25, 0.3) is 0 Å². The zero-order valence-electron chi connectivity index (χ0n) is 20.7. The minimum Gasteiger partial charge on any atom is -0.352 e. The third-order valence-corrected chi connectivity index (χ3v) is 6.83. The van der Waals surface area contributed by atoms with Crippen LogP contribution in [0.1, 0.15) is 44.7 Å². The molecular weight excluding hydrogens is 476 g/mol. The molecule has 2 amide bonds.